The van der Waals surface area contributed by atoms with Crippen molar-refractivity contribution in [1.29, 1.82) is 0 Å². The third-order valence-electron chi connectivity index (χ3n) is 7.24. The quantitative estimate of drug-likeness (QED) is 0.0478. The summed E-state index contributed by atoms with van der Waals surface area (Å²) in [5.74, 6) is -0.606. The van der Waals surface area contributed by atoms with Gasteiger partial charge in [-0.15, -0.1) is 0 Å². The molecule has 1 unspecified atom stereocenters. The first-order valence-corrected chi connectivity index (χ1v) is 17.8. The molecule has 0 amide bonds. The third kappa shape index (κ3) is 34.1. The molecule has 0 aliphatic rings. The van der Waals surface area contributed by atoms with Gasteiger partial charge in [0.15, 0.2) is 0 Å². The molecule has 0 fully saturated rings. The lowest BCUT2D eigenvalue weighted by Gasteiger charge is -2.12. The van der Waals surface area contributed by atoms with Crippen LogP contribution in [0.25, 0.3) is 0 Å². The van der Waals surface area contributed by atoms with E-state index in [-0.39, 0.29) is 25.2 Å². The highest BCUT2D eigenvalue weighted by Crippen LogP contribution is 2.10. The van der Waals surface area contributed by atoms with Crippen molar-refractivity contribution < 1.29 is 24.2 Å². The normalized spacial score (nSPS) is 12.9. The molecule has 5 nitrogen and oxygen atoms in total. The van der Waals surface area contributed by atoms with Crippen LogP contribution in [0.1, 0.15) is 155 Å². The van der Waals surface area contributed by atoms with Gasteiger partial charge >= 0.3 is 11.9 Å². The van der Waals surface area contributed by atoms with Gasteiger partial charge in [-0.2, -0.15) is 0 Å². The maximum atomic E-state index is 11.9. The number of hydrogen-bond donors (Lipinski definition) is 1. The zero-order valence-corrected chi connectivity index (χ0v) is 28.4. The average molecular weight is 615 g/mol. The van der Waals surface area contributed by atoms with Crippen molar-refractivity contribution in [2.75, 3.05) is 13.2 Å². The number of ether oxygens (including phenoxy) is 2. The lowest BCUT2D eigenvalue weighted by molar-refractivity contribution is -0.152. The number of carbonyl (C=O) groups excluding carboxylic acids is 2. The molecule has 0 saturated carbocycles. The van der Waals surface area contributed by atoms with E-state index in [1.165, 1.54) is 44.9 Å². The monoisotopic (exact) mass is 614 g/mol. The Morgan fingerprint density at radius 2 is 0.864 bits per heavy atom. The summed E-state index contributed by atoms with van der Waals surface area (Å²) in [5.41, 5.74) is 0. The number of esters is 2. The molecule has 0 aromatic carbocycles. The van der Waals surface area contributed by atoms with Gasteiger partial charge < -0.3 is 14.6 Å². The topological polar surface area (TPSA) is 72.8 Å². The molecule has 1 atom stereocenters. The fourth-order valence-electron chi connectivity index (χ4n) is 4.54. The molecule has 0 bridgehead atoms. The second-order valence-corrected chi connectivity index (χ2v) is 11.6. The molecular weight excluding hydrogens is 548 g/mol. The Balaban J connectivity index is 3.52. The minimum Gasteiger partial charge on any atom is -0.463 e. The van der Waals surface area contributed by atoms with Gasteiger partial charge in [0, 0.05) is 12.8 Å². The molecule has 252 valence electrons. The van der Waals surface area contributed by atoms with E-state index < -0.39 is 6.10 Å². The number of rotatable bonds is 31. The van der Waals surface area contributed by atoms with Crippen LogP contribution in [0.2, 0.25) is 0 Å². The minimum absolute atomic E-state index is 0.132. The number of unbranched alkanes of at least 4 members (excludes halogenated alkanes) is 13. The van der Waals surface area contributed by atoms with Crippen LogP contribution < -0.4 is 0 Å². The number of aliphatic hydroxyl groups is 1. The summed E-state index contributed by atoms with van der Waals surface area (Å²) in [6.45, 7) is 4.12. The molecule has 0 aromatic heterocycles. The first kappa shape index (κ1) is 41.6. The molecule has 44 heavy (non-hydrogen) atoms. The largest absolute Gasteiger partial charge is 0.463 e. The molecule has 0 aliphatic heterocycles. The molecule has 0 radical (unpaired) electrons. The summed E-state index contributed by atoms with van der Waals surface area (Å²) < 4.78 is 10.3. The minimum atomic E-state index is -0.978. The predicted octanol–water partition coefficient (Wildman–Crippen LogP) is 10.8. The smallest absolute Gasteiger partial charge is 0.305 e. The van der Waals surface area contributed by atoms with Crippen molar-refractivity contribution in [3.05, 3.63) is 60.8 Å². The first-order chi connectivity index (χ1) is 21.6. The number of hydrogen-bond acceptors (Lipinski definition) is 5. The molecule has 0 heterocycles. The Kier molecular flexibility index (Phi) is 33.2. The maximum Gasteiger partial charge on any atom is 0.305 e. The summed E-state index contributed by atoms with van der Waals surface area (Å²) >= 11 is 0. The number of aliphatic hydroxyl groups excluding tert-OH is 1. The van der Waals surface area contributed by atoms with Gasteiger partial charge in [-0.05, 0) is 77.0 Å². The molecule has 0 spiro atoms. The van der Waals surface area contributed by atoms with Crippen molar-refractivity contribution in [3.63, 3.8) is 0 Å². The van der Waals surface area contributed by atoms with E-state index >= 15 is 0 Å². The summed E-state index contributed by atoms with van der Waals surface area (Å²) in [7, 11) is 0. The van der Waals surface area contributed by atoms with E-state index in [0.29, 0.717) is 12.8 Å². The van der Waals surface area contributed by atoms with Gasteiger partial charge in [-0.3, -0.25) is 9.59 Å². The number of allylic oxidation sites excluding steroid dienone is 10. The summed E-state index contributed by atoms with van der Waals surface area (Å²) in [6.07, 6.45) is 44.1. The van der Waals surface area contributed by atoms with Gasteiger partial charge in [0.1, 0.15) is 19.3 Å². The Morgan fingerprint density at radius 1 is 0.500 bits per heavy atom. The van der Waals surface area contributed by atoms with Gasteiger partial charge in [0.2, 0.25) is 0 Å². The van der Waals surface area contributed by atoms with E-state index in [2.05, 4.69) is 74.6 Å². The second-order valence-electron chi connectivity index (χ2n) is 11.6. The highest BCUT2D eigenvalue weighted by atomic mass is 16.6. The van der Waals surface area contributed by atoms with Gasteiger partial charge in [-0.25, -0.2) is 0 Å². The molecule has 5 heteroatoms. The zero-order valence-electron chi connectivity index (χ0n) is 28.4. The van der Waals surface area contributed by atoms with E-state index in [0.717, 1.165) is 83.5 Å². The average Bonchev–Trinajstić information content (AvgIpc) is 3.02. The van der Waals surface area contributed by atoms with Crippen LogP contribution in [0.15, 0.2) is 60.8 Å². The Labute approximate surface area is 271 Å². The molecular formula is C39H66O5. The van der Waals surface area contributed by atoms with Crippen molar-refractivity contribution in [2.45, 2.75) is 161 Å². The second kappa shape index (κ2) is 35.1. The SMILES string of the molecule is CC/C=C/C/C=C/C/C=C/CCCCCCCC(=O)OCC(O)COC(=O)CCCCCCC/C=C/C/C=C/CCCCC. The van der Waals surface area contributed by atoms with Crippen molar-refractivity contribution in [2.24, 2.45) is 0 Å². The van der Waals surface area contributed by atoms with Crippen molar-refractivity contribution in [1.82, 2.24) is 0 Å². The van der Waals surface area contributed by atoms with Crippen LogP contribution in [-0.4, -0.2) is 36.4 Å². The van der Waals surface area contributed by atoms with Crippen LogP contribution >= 0.6 is 0 Å². The standard InChI is InChI=1S/C39H66O5/c1-3-5-7-9-11-13-15-17-19-21-23-25-27-29-31-33-38(41)43-35-37(40)36-44-39(42)34-32-30-28-26-24-22-20-18-16-14-12-10-8-6-4-2/h5,7,11-14,17-20,37,40H,3-4,6,8-10,15-16,21-36H2,1-2H3/b7-5+,13-11+,14-12+,19-17+,20-18+. The lowest BCUT2D eigenvalue weighted by atomic mass is 10.1. The van der Waals surface area contributed by atoms with Crippen molar-refractivity contribution >= 4 is 11.9 Å². The van der Waals surface area contributed by atoms with E-state index in [1.54, 1.807) is 0 Å². The van der Waals surface area contributed by atoms with Crippen LogP contribution in [-0.2, 0) is 19.1 Å². The fraction of sp³-hybridized carbons (Fsp3) is 0.692. The highest BCUT2D eigenvalue weighted by Gasteiger charge is 2.12. The van der Waals surface area contributed by atoms with Gasteiger partial charge in [-0.1, -0.05) is 126 Å². The van der Waals surface area contributed by atoms with Crippen molar-refractivity contribution in [3.8, 4) is 0 Å². The molecule has 0 rings (SSSR count). The Morgan fingerprint density at radius 3 is 1.30 bits per heavy atom. The Hall–Kier alpha value is -2.40. The highest BCUT2D eigenvalue weighted by molar-refractivity contribution is 5.69. The maximum absolute atomic E-state index is 11.9. The molecule has 0 aromatic rings. The van der Waals surface area contributed by atoms with E-state index in [9.17, 15) is 14.7 Å². The lowest BCUT2D eigenvalue weighted by Crippen LogP contribution is -2.25. The molecule has 1 N–H and O–H groups in total. The fourth-order valence-corrected chi connectivity index (χ4v) is 4.54. The van der Waals surface area contributed by atoms with Crippen LogP contribution in [0, 0.1) is 0 Å². The molecule has 0 saturated heterocycles. The van der Waals surface area contributed by atoms with Crippen LogP contribution in [0.5, 0.6) is 0 Å². The van der Waals surface area contributed by atoms with E-state index in [1.807, 2.05) is 0 Å². The van der Waals surface area contributed by atoms with Gasteiger partial charge in [0.05, 0.1) is 0 Å². The van der Waals surface area contributed by atoms with E-state index in [4.69, 9.17) is 9.47 Å². The van der Waals surface area contributed by atoms with Crippen LogP contribution in [0.3, 0.4) is 0 Å². The van der Waals surface area contributed by atoms with Crippen LogP contribution in [0.4, 0.5) is 0 Å². The predicted molar refractivity (Wildman–Crippen MR) is 187 cm³/mol. The zero-order chi connectivity index (χ0) is 32.2. The van der Waals surface area contributed by atoms with Gasteiger partial charge in [0.25, 0.3) is 0 Å². The summed E-state index contributed by atoms with van der Waals surface area (Å²) in [4.78, 5) is 23.8. The third-order valence-corrected chi connectivity index (χ3v) is 7.24. The summed E-state index contributed by atoms with van der Waals surface area (Å²) in [6, 6.07) is 0. The number of carbonyl (C=O) groups is 2. The summed E-state index contributed by atoms with van der Waals surface area (Å²) in [5, 5.41) is 9.98. The first-order valence-electron chi connectivity index (χ1n) is 17.8. The molecule has 0 aliphatic carbocycles. The Bertz CT molecular complexity index is 792.